The van der Waals surface area contributed by atoms with Gasteiger partial charge in [-0.05, 0) is 29.6 Å². The van der Waals surface area contributed by atoms with Gasteiger partial charge in [0.05, 0.1) is 12.8 Å². The summed E-state index contributed by atoms with van der Waals surface area (Å²) >= 11 is 1.12. The minimum atomic E-state index is -2.97. The number of halogens is 2. The third-order valence-corrected chi connectivity index (χ3v) is 3.50. The van der Waals surface area contributed by atoms with Crippen LogP contribution in [0.3, 0.4) is 0 Å². The van der Waals surface area contributed by atoms with Gasteiger partial charge in [-0.3, -0.25) is 4.79 Å². The minimum Gasteiger partial charge on any atom is -0.465 e. The number of carbonyl (C=O) groups excluding carboxylic acids is 2. The molecule has 1 amide bonds. The number of hydrogen-bond acceptors (Lipinski definition) is 5. The van der Waals surface area contributed by atoms with Crippen molar-refractivity contribution in [2.45, 2.75) is 6.61 Å². The van der Waals surface area contributed by atoms with Crippen LogP contribution in [0.2, 0.25) is 0 Å². The molecule has 116 valence electrons. The average Bonchev–Trinajstić information content (AvgIpc) is 2.94. The van der Waals surface area contributed by atoms with Crippen molar-refractivity contribution >= 4 is 28.9 Å². The third kappa shape index (κ3) is 3.79. The standard InChI is InChI=1S/C14H11F2NO4S/c1-20-13(19)11-10(5-6-22-11)17-12(18)8-3-2-4-9(7-8)21-14(15)16/h2-7,14H,1H3,(H,17,18). The maximum atomic E-state index is 12.2. The number of amides is 1. The lowest BCUT2D eigenvalue weighted by Gasteiger charge is -2.08. The maximum Gasteiger partial charge on any atom is 0.387 e. The lowest BCUT2D eigenvalue weighted by Crippen LogP contribution is -2.14. The van der Waals surface area contributed by atoms with Crippen molar-refractivity contribution in [3.63, 3.8) is 0 Å². The van der Waals surface area contributed by atoms with Crippen LogP contribution in [-0.4, -0.2) is 25.6 Å². The highest BCUT2D eigenvalue weighted by Gasteiger charge is 2.17. The molecule has 5 nitrogen and oxygen atoms in total. The summed E-state index contributed by atoms with van der Waals surface area (Å²) in [5.41, 5.74) is 0.419. The number of benzene rings is 1. The Labute approximate surface area is 128 Å². The number of esters is 1. The topological polar surface area (TPSA) is 64.6 Å². The van der Waals surface area contributed by atoms with E-state index >= 15 is 0 Å². The molecule has 1 aromatic heterocycles. The third-order valence-electron chi connectivity index (χ3n) is 2.61. The monoisotopic (exact) mass is 327 g/mol. The second kappa shape index (κ2) is 6.99. The van der Waals surface area contributed by atoms with E-state index in [1.54, 1.807) is 11.4 Å². The molecule has 0 radical (unpaired) electrons. The fourth-order valence-electron chi connectivity index (χ4n) is 1.67. The number of anilines is 1. The zero-order valence-electron chi connectivity index (χ0n) is 11.3. The van der Waals surface area contributed by atoms with E-state index in [0.717, 1.165) is 11.3 Å². The number of ether oxygens (including phenoxy) is 2. The van der Waals surface area contributed by atoms with E-state index in [-0.39, 0.29) is 16.2 Å². The Morgan fingerprint density at radius 3 is 2.73 bits per heavy atom. The summed E-state index contributed by atoms with van der Waals surface area (Å²) in [6, 6.07) is 6.91. The molecule has 1 heterocycles. The number of hydrogen-bond donors (Lipinski definition) is 1. The molecule has 22 heavy (non-hydrogen) atoms. The molecule has 0 aliphatic rings. The molecule has 1 aromatic carbocycles. The Morgan fingerprint density at radius 1 is 1.27 bits per heavy atom. The van der Waals surface area contributed by atoms with Gasteiger partial charge in [0.1, 0.15) is 10.6 Å². The van der Waals surface area contributed by atoms with E-state index in [1.165, 1.54) is 31.4 Å². The molecule has 0 fully saturated rings. The van der Waals surface area contributed by atoms with Crippen LogP contribution in [0.1, 0.15) is 20.0 Å². The van der Waals surface area contributed by atoms with Gasteiger partial charge in [-0.2, -0.15) is 8.78 Å². The Hall–Kier alpha value is -2.48. The molecule has 0 aliphatic heterocycles. The van der Waals surface area contributed by atoms with Crippen LogP contribution in [0.15, 0.2) is 35.7 Å². The largest absolute Gasteiger partial charge is 0.465 e. The van der Waals surface area contributed by atoms with Crippen molar-refractivity contribution in [2.24, 2.45) is 0 Å². The predicted octanol–water partition coefficient (Wildman–Crippen LogP) is 3.39. The van der Waals surface area contributed by atoms with Crippen LogP contribution in [0, 0.1) is 0 Å². The van der Waals surface area contributed by atoms with Crippen molar-refractivity contribution < 1.29 is 27.8 Å². The second-order valence-electron chi connectivity index (χ2n) is 4.02. The number of rotatable bonds is 5. The van der Waals surface area contributed by atoms with Crippen LogP contribution in [0.5, 0.6) is 5.75 Å². The zero-order chi connectivity index (χ0) is 16.1. The predicted molar refractivity (Wildman–Crippen MR) is 76.7 cm³/mol. The van der Waals surface area contributed by atoms with Crippen molar-refractivity contribution in [3.8, 4) is 5.75 Å². The summed E-state index contributed by atoms with van der Waals surface area (Å²) in [5.74, 6) is -1.25. The Kier molecular flexibility index (Phi) is 5.05. The Bertz CT molecular complexity index is 687. The first-order valence-corrected chi connectivity index (χ1v) is 6.91. The van der Waals surface area contributed by atoms with E-state index in [4.69, 9.17) is 0 Å². The molecule has 8 heteroatoms. The summed E-state index contributed by atoms with van der Waals surface area (Å²) in [7, 11) is 1.23. The van der Waals surface area contributed by atoms with Crippen LogP contribution in [0.25, 0.3) is 0 Å². The first kappa shape index (κ1) is 15.9. The minimum absolute atomic E-state index is 0.124. The van der Waals surface area contributed by atoms with Gasteiger partial charge in [-0.15, -0.1) is 11.3 Å². The summed E-state index contributed by atoms with van der Waals surface area (Å²) in [4.78, 5) is 23.9. The van der Waals surface area contributed by atoms with Gasteiger partial charge in [0, 0.05) is 5.56 Å². The maximum absolute atomic E-state index is 12.2. The van der Waals surface area contributed by atoms with Crippen molar-refractivity contribution in [1.29, 1.82) is 0 Å². The zero-order valence-corrected chi connectivity index (χ0v) is 12.2. The SMILES string of the molecule is COC(=O)c1sccc1NC(=O)c1cccc(OC(F)F)c1. The van der Waals surface area contributed by atoms with Gasteiger partial charge in [0.25, 0.3) is 5.91 Å². The van der Waals surface area contributed by atoms with Crippen molar-refractivity contribution in [3.05, 3.63) is 46.2 Å². The van der Waals surface area contributed by atoms with Crippen molar-refractivity contribution in [2.75, 3.05) is 12.4 Å². The molecule has 0 atom stereocenters. The number of thiophene rings is 1. The van der Waals surface area contributed by atoms with Crippen LogP contribution in [0.4, 0.5) is 14.5 Å². The second-order valence-corrected chi connectivity index (χ2v) is 4.93. The highest BCUT2D eigenvalue weighted by atomic mass is 32.1. The molecule has 1 N–H and O–H groups in total. The molecule has 0 aliphatic carbocycles. The summed E-state index contributed by atoms with van der Waals surface area (Å²) in [6.07, 6.45) is 0. The van der Waals surface area contributed by atoms with E-state index < -0.39 is 18.5 Å². The number of alkyl halides is 2. The van der Waals surface area contributed by atoms with Gasteiger partial charge in [-0.25, -0.2) is 4.79 Å². The first-order valence-electron chi connectivity index (χ1n) is 6.03. The van der Waals surface area contributed by atoms with Gasteiger partial charge >= 0.3 is 12.6 Å². The summed E-state index contributed by atoms with van der Waals surface area (Å²) in [6.45, 7) is -2.97. The molecule has 0 bridgehead atoms. The molecular weight excluding hydrogens is 316 g/mol. The lowest BCUT2D eigenvalue weighted by molar-refractivity contribution is -0.0498. The van der Waals surface area contributed by atoms with Gasteiger partial charge < -0.3 is 14.8 Å². The lowest BCUT2D eigenvalue weighted by atomic mass is 10.2. The molecule has 0 unspecified atom stereocenters. The number of methoxy groups -OCH3 is 1. The Morgan fingerprint density at radius 2 is 2.05 bits per heavy atom. The van der Waals surface area contributed by atoms with E-state index in [2.05, 4.69) is 14.8 Å². The fourth-order valence-corrected chi connectivity index (χ4v) is 2.43. The van der Waals surface area contributed by atoms with Gasteiger partial charge in [-0.1, -0.05) is 6.07 Å². The van der Waals surface area contributed by atoms with E-state index in [1.807, 2.05) is 0 Å². The summed E-state index contributed by atoms with van der Waals surface area (Å²) < 4.78 is 33.2. The van der Waals surface area contributed by atoms with Crippen LogP contribution < -0.4 is 10.1 Å². The van der Waals surface area contributed by atoms with Gasteiger partial charge in [0.2, 0.25) is 0 Å². The highest BCUT2D eigenvalue weighted by molar-refractivity contribution is 7.12. The summed E-state index contributed by atoms with van der Waals surface area (Å²) in [5, 5.41) is 4.15. The smallest absolute Gasteiger partial charge is 0.387 e. The normalized spacial score (nSPS) is 10.4. The van der Waals surface area contributed by atoms with E-state index in [0.29, 0.717) is 5.69 Å². The van der Waals surface area contributed by atoms with Gasteiger partial charge in [0.15, 0.2) is 0 Å². The highest BCUT2D eigenvalue weighted by Crippen LogP contribution is 2.24. The van der Waals surface area contributed by atoms with Crippen LogP contribution >= 0.6 is 11.3 Å². The molecule has 2 aromatic rings. The molecular formula is C14H11F2NO4S. The first-order chi connectivity index (χ1) is 10.5. The van der Waals surface area contributed by atoms with E-state index in [9.17, 15) is 18.4 Å². The molecule has 2 rings (SSSR count). The molecule has 0 spiro atoms. The average molecular weight is 327 g/mol. The molecule has 0 saturated carbocycles. The number of carbonyl (C=O) groups is 2. The van der Waals surface area contributed by atoms with Crippen LogP contribution in [-0.2, 0) is 4.74 Å². The van der Waals surface area contributed by atoms with Crippen molar-refractivity contribution in [1.82, 2.24) is 0 Å². The number of nitrogens with one attached hydrogen (secondary N) is 1. The quantitative estimate of drug-likeness (QED) is 0.855. The molecule has 0 saturated heterocycles. The Balaban J connectivity index is 2.16. The fraction of sp³-hybridized carbons (Fsp3) is 0.143.